The molecule has 0 aromatic heterocycles. The Labute approximate surface area is 130 Å². The largest absolute Gasteiger partial charge is 0.466 e. The molecule has 110 valence electrons. The molecule has 0 saturated heterocycles. The van der Waals surface area contributed by atoms with Crippen LogP contribution in [0.3, 0.4) is 0 Å². The van der Waals surface area contributed by atoms with Crippen molar-refractivity contribution in [3.63, 3.8) is 0 Å². The van der Waals surface area contributed by atoms with E-state index in [1.807, 2.05) is 19.9 Å². The molecule has 2 aromatic carbocycles. The molecule has 0 amide bonds. The summed E-state index contributed by atoms with van der Waals surface area (Å²) in [6.45, 7) is 6.38. The average Bonchev–Trinajstić information content (AvgIpc) is 2.45. The third kappa shape index (κ3) is 4.64. The van der Waals surface area contributed by atoms with E-state index in [1.54, 1.807) is 11.8 Å². The molecule has 0 bridgehead atoms. The summed E-state index contributed by atoms with van der Waals surface area (Å²) >= 11 is 1.73. The predicted octanol–water partition coefficient (Wildman–Crippen LogP) is 4.56. The van der Waals surface area contributed by atoms with Gasteiger partial charge in [-0.15, -0.1) is 0 Å². The molecule has 2 rings (SSSR count). The smallest absolute Gasteiger partial charge is 0.310 e. The van der Waals surface area contributed by atoms with Gasteiger partial charge in [0.1, 0.15) is 0 Å². The van der Waals surface area contributed by atoms with E-state index < -0.39 is 0 Å². The van der Waals surface area contributed by atoms with Crippen molar-refractivity contribution in [1.29, 1.82) is 0 Å². The fourth-order valence-corrected chi connectivity index (χ4v) is 2.96. The van der Waals surface area contributed by atoms with Gasteiger partial charge in [0.25, 0.3) is 0 Å². The van der Waals surface area contributed by atoms with Crippen LogP contribution >= 0.6 is 11.8 Å². The van der Waals surface area contributed by atoms with Gasteiger partial charge in [0.15, 0.2) is 0 Å². The first-order valence-corrected chi connectivity index (χ1v) is 7.90. The van der Waals surface area contributed by atoms with E-state index in [0.29, 0.717) is 13.0 Å². The normalized spacial score (nSPS) is 10.4. The number of carbonyl (C=O) groups excluding carboxylic acids is 1. The standard InChI is InChI=1S/C18H20O2S/c1-4-20-18(19)12-15-7-10-17(11-14(15)3)21-16-8-5-13(2)6-9-16/h5-11H,4,12H2,1-3H3. The van der Waals surface area contributed by atoms with Gasteiger partial charge in [-0.25, -0.2) is 0 Å². The van der Waals surface area contributed by atoms with Gasteiger partial charge in [-0.1, -0.05) is 35.5 Å². The summed E-state index contributed by atoms with van der Waals surface area (Å²) in [6, 6.07) is 14.7. The lowest BCUT2D eigenvalue weighted by Crippen LogP contribution is -2.08. The molecule has 0 aliphatic heterocycles. The van der Waals surface area contributed by atoms with Crippen LogP contribution < -0.4 is 0 Å². The Balaban J connectivity index is 2.08. The summed E-state index contributed by atoms with van der Waals surface area (Å²) in [7, 11) is 0. The van der Waals surface area contributed by atoms with Gasteiger partial charge in [-0.3, -0.25) is 4.79 Å². The summed E-state index contributed by atoms with van der Waals surface area (Å²) in [5, 5.41) is 0. The first-order valence-electron chi connectivity index (χ1n) is 7.08. The average molecular weight is 300 g/mol. The molecular formula is C18H20O2S. The topological polar surface area (TPSA) is 26.3 Å². The number of ether oxygens (including phenoxy) is 1. The minimum atomic E-state index is -0.167. The van der Waals surface area contributed by atoms with Crippen LogP contribution in [0.25, 0.3) is 0 Å². The number of rotatable bonds is 5. The van der Waals surface area contributed by atoms with Crippen LogP contribution in [-0.2, 0) is 16.0 Å². The molecular weight excluding hydrogens is 280 g/mol. The zero-order valence-electron chi connectivity index (χ0n) is 12.7. The highest BCUT2D eigenvalue weighted by molar-refractivity contribution is 7.99. The van der Waals surface area contributed by atoms with E-state index in [0.717, 1.165) is 11.1 Å². The minimum absolute atomic E-state index is 0.167. The molecule has 0 atom stereocenters. The van der Waals surface area contributed by atoms with Crippen LogP contribution in [0.1, 0.15) is 23.6 Å². The van der Waals surface area contributed by atoms with Crippen LogP contribution in [0.15, 0.2) is 52.3 Å². The molecule has 21 heavy (non-hydrogen) atoms. The van der Waals surface area contributed by atoms with Crippen LogP contribution in [-0.4, -0.2) is 12.6 Å². The molecule has 0 radical (unpaired) electrons. The second-order valence-electron chi connectivity index (χ2n) is 4.99. The predicted molar refractivity (Wildman–Crippen MR) is 86.8 cm³/mol. The first-order chi connectivity index (χ1) is 10.1. The molecule has 0 fully saturated rings. The van der Waals surface area contributed by atoms with Crippen LogP contribution in [0, 0.1) is 13.8 Å². The third-order valence-electron chi connectivity index (χ3n) is 3.21. The van der Waals surface area contributed by atoms with Crippen LogP contribution in [0.4, 0.5) is 0 Å². The van der Waals surface area contributed by atoms with Gasteiger partial charge in [0, 0.05) is 9.79 Å². The SMILES string of the molecule is CCOC(=O)Cc1ccc(Sc2ccc(C)cc2)cc1C. The van der Waals surface area contributed by atoms with Crippen molar-refractivity contribution in [2.24, 2.45) is 0 Å². The van der Waals surface area contributed by atoms with Crippen molar-refractivity contribution in [2.75, 3.05) is 6.61 Å². The van der Waals surface area contributed by atoms with E-state index in [4.69, 9.17) is 4.74 Å². The van der Waals surface area contributed by atoms with Crippen LogP contribution in [0.5, 0.6) is 0 Å². The molecule has 3 heteroatoms. The Kier molecular flexibility index (Phi) is 5.45. The van der Waals surface area contributed by atoms with Gasteiger partial charge in [-0.05, 0) is 56.2 Å². The Morgan fingerprint density at radius 1 is 1.05 bits per heavy atom. The summed E-state index contributed by atoms with van der Waals surface area (Å²) in [5.41, 5.74) is 3.42. The second-order valence-corrected chi connectivity index (χ2v) is 6.13. The lowest BCUT2D eigenvalue weighted by molar-refractivity contribution is -0.142. The quantitative estimate of drug-likeness (QED) is 0.757. The Morgan fingerprint density at radius 2 is 1.71 bits per heavy atom. The van der Waals surface area contributed by atoms with Gasteiger partial charge in [0.05, 0.1) is 13.0 Å². The number of esters is 1. The molecule has 0 N–H and O–H groups in total. The van der Waals surface area contributed by atoms with E-state index >= 15 is 0 Å². The zero-order chi connectivity index (χ0) is 15.2. The van der Waals surface area contributed by atoms with E-state index in [9.17, 15) is 4.79 Å². The molecule has 2 aromatic rings. The molecule has 0 aliphatic rings. The maximum atomic E-state index is 11.5. The fraction of sp³-hybridized carbons (Fsp3) is 0.278. The number of carbonyl (C=O) groups is 1. The molecule has 0 unspecified atom stereocenters. The first kappa shape index (κ1) is 15.6. The van der Waals surface area contributed by atoms with Crippen molar-refractivity contribution in [3.05, 3.63) is 59.2 Å². The fourth-order valence-electron chi connectivity index (χ4n) is 2.04. The highest BCUT2D eigenvalue weighted by Crippen LogP contribution is 2.29. The monoisotopic (exact) mass is 300 g/mol. The van der Waals surface area contributed by atoms with Crippen molar-refractivity contribution in [3.8, 4) is 0 Å². The van der Waals surface area contributed by atoms with Crippen molar-refractivity contribution in [2.45, 2.75) is 37.0 Å². The lowest BCUT2D eigenvalue weighted by atomic mass is 10.1. The second kappa shape index (κ2) is 7.32. The van der Waals surface area contributed by atoms with Gasteiger partial charge in [-0.2, -0.15) is 0 Å². The number of hydrogen-bond acceptors (Lipinski definition) is 3. The Hall–Kier alpha value is -1.74. The maximum Gasteiger partial charge on any atom is 0.310 e. The van der Waals surface area contributed by atoms with Crippen molar-refractivity contribution >= 4 is 17.7 Å². The number of benzene rings is 2. The zero-order valence-corrected chi connectivity index (χ0v) is 13.5. The highest BCUT2D eigenvalue weighted by atomic mass is 32.2. The van der Waals surface area contributed by atoms with Crippen molar-refractivity contribution in [1.82, 2.24) is 0 Å². The number of hydrogen-bond donors (Lipinski definition) is 0. The van der Waals surface area contributed by atoms with E-state index in [1.165, 1.54) is 15.4 Å². The minimum Gasteiger partial charge on any atom is -0.466 e. The van der Waals surface area contributed by atoms with Gasteiger partial charge >= 0.3 is 5.97 Å². The summed E-state index contributed by atoms with van der Waals surface area (Å²) < 4.78 is 4.99. The summed E-state index contributed by atoms with van der Waals surface area (Å²) in [6.07, 6.45) is 0.342. The molecule has 0 heterocycles. The summed E-state index contributed by atoms with van der Waals surface area (Å²) in [4.78, 5) is 13.9. The van der Waals surface area contributed by atoms with E-state index in [2.05, 4.69) is 43.3 Å². The molecule has 2 nitrogen and oxygen atoms in total. The maximum absolute atomic E-state index is 11.5. The lowest BCUT2D eigenvalue weighted by Gasteiger charge is -2.08. The third-order valence-corrected chi connectivity index (χ3v) is 4.21. The molecule has 0 spiro atoms. The van der Waals surface area contributed by atoms with Crippen molar-refractivity contribution < 1.29 is 9.53 Å². The highest BCUT2D eigenvalue weighted by Gasteiger charge is 2.07. The van der Waals surface area contributed by atoms with Gasteiger partial charge < -0.3 is 4.74 Å². The van der Waals surface area contributed by atoms with Crippen LogP contribution in [0.2, 0.25) is 0 Å². The Morgan fingerprint density at radius 3 is 2.33 bits per heavy atom. The number of aryl methyl sites for hydroxylation is 2. The molecule has 0 aliphatic carbocycles. The van der Waals surface area contributed by atoms with Gasteiger partial charge in [0.2, 0.25) is 0 Å². The Bertz CT molecular complexity index is 618. The summed E-state index contributed by atoms with van der Waals surface area (Å²) in [5.74, 6) is -0.167. The van der Waals surface area contributed by atoms with E-state index in [-0.39, 0.29) is 5.97 Å². The molecule has 0 saturated carbocycles.